The minimum Gasteiger partial charge on any atom is -0.480 e. The van der Waals surface area contributed by atoms with Gasteiger partial charge in [0.05, 0.1) is 6.61 Å². The highest BCUT2D eigenvalue weighted by Crippen LogP contribution is 2.21. The third kappa shape index (κ3) is 4.01. The average Bonchev–Trinajstić information content (AvgIpc) is 2.00. The number of carbonyl (C=O) groups is 1. The molecule has 0 saturated heterocycles. The largest absolute Gasteiger partial charge is 0.511 e. The van der Waals surface area contributed by atoms with E-state index >= 15 is 0 Å². The Morgan fingerprint density at radius 3 is 2.27 bits per heavy atom. The first-order chi connectivity index (χ1) is 6.62. The van der Waals surface area contributed by atoms with Crippen LogP contribution in [0, 0.1) is 0 Å². The van der Waals surface area contributed by atoms with Gasteiger partial charge in [0.15, 0.2) is 0 Å². The first-order valence-corrected chi connectivity index (χ1v) is 4.90. The summed E-state index contributed by atoms with van der Waals surface area (Å²) in [4.78, 5) is 10.3. The standard InChI is InChI=1S/C5H8F3NO5S/c1-14-2-3(4(10)11)9-15(12,13)5(6,7)8/h3,9H,2H2,1H3,(H,10,11). The molecular formula is C5H8F3NO5S. The van der Waals surface area contributed by atoms with Crippen molar-refractivity contribution in [3.05, 3.63) is 0 Å². The van der Waals surface area contributed by atoms with Gasteiger partial charge in [0, 0.05) is 7.11 Å². The van der Waals surface area contributed by atoms with Gasteiger partial charge in [-0.15, -0.1) is 0 Å². The van der Waals surface area contributed by atoms with Crippen LogP contribution in [-0.2, 0) is 19.6 Å². The summed E-state index contributed by atoms with van der Waals surface area (Å²) in [5, 5.41) is 8.36. The topological polar surface area (TPSA) is 92.7 Å². The highest BCUT2D eigenvalue weighted by molar-refractivity contribution is 7.90. The van der Waals surface area contributed by atoms with Crippen LogP contribution in [0.5, 0.6) is 0 Å². The molecule has 0 aliphatic carbocycles. The second-order valence-electron chi connectivity index (χ2n) is 2.41. The van der Waals surface area contributed by atoms with Gasteiger partial charge in [0.2, 0.25) is 0 Å². The molecule has 0 bridgehead atoms. The molecule has 90 valence electrons. The van der Waals surface area contributed by atoms with Crippen molar-refractivity contribution in [1.82, 2.24) is 4.72 Å². The van der Waals surface area contributed by atoms with Gasteiger partial charge in [-0.05, 0) is 0 Å². The molecule has 0 saturated carbocycles. The van der Waals surface area contributed by atoms with Crippen LogP contribution in [0.3, 0.4) is 0 Å². The molecule has 0 aromatic heterocycles. The van der Waals surface area contributed by atoms with E-state index in [9.17, 15) is 26.4 Å². The summed E-state index contributed by atoms with van der Waals surface area (Å²) >= 11 is 0. The van der Waals surface area contributed by atoms with Crippen LogP contribution in [0.1, 0.15) is 0 Å². The highest BCUT2D eigenvalue weighted by Gasteiger charge is 2.47. The molecule has 6 nitrogen and oxygen atoms in total. The summed E-state index contributed by atoms with van der Waals surface area (Å²) in [6.45, 7) is -0.704. The number of ether oxygens (including phenoxy) is 1. The van der Waals surface area contributed by atoms with Crippen molar-refractivity contribution in [3.63, 3.8) is 0 Å². The predicted molar refractivity (Wildman–Crippen MR) is 41.4 cm³/mol. The SMILES string of the molecule is COCC(NS(=O)(=O)C(F)(F)F)C(=O)O. The van der Waals surface area contributed by atoms with E-state index in [0.29, 0.717) is 0 Å². The second kappa shape index (κ2) is 4.77. The first kappa shape index (κ1) is 14.1. The Labute approximate surface area is 83.1 Å². The van der Waals surface area contributed by atoms with Crippen molar-refractivity contribution in [3.8, 4) is 0 Å². The predicted octanol–water partition coefficient (Wildman–Crippen LogP) is -0.475. The lowest BCUT2D eigenvalue weighted by atomic mass is 10.3. The van der Waals surface area contributed by atoms with Gasteiger partial charge < -0.3 is 9.84 Å². The number of carboxylic acids is 1. The Balaban J connectivity index is 4.76. The zero-order valence-corrected chi connectivity index (χ0v) is 8.22. The lowest BCUT2D eigenvalue weighted by molar-refractivity contribution is -0.140. The average molecular weight is 251 g/mol. The van der Waals surface area contributed by atoms with Crippen LogP contribution >= 0.6 is 0 Å². The van der Waals surface area contributed by atoms with Crippen molar-refractivity contribution in [2.45, 2.75) is 11.6 Å². The Bertz CT molecular complexity index is 324. The number of carboxylic acid groups (broad SMARTS) is 1. The van der Waals surface area contributed by atoms with Crippen LogP contribution < -0.4 is 4.72 Å². The van der Waals surface area contributed by atoms with E-state index in [1.165, 1.54) is 0 Å². The maximum absolute atomic E-state index is 11.8. The van der Waals surface area contributed by atoms with Crippen molar-refractivity contribution >= 4 is 16.0 Å². The fourth-order valence-electron chi connectivity index (χ4n) is 0.576. The fraction of sp³-hybridized carbons (Fsp3) is 0.800. The number of alkyl halides is 3. The maximum atomic E-state index is 11.8. The smallest absolute Gasteiger partial charge is 0.480 e. The van der Waals surface area contributed by atoms with Crippen LogP contribution in [0.15, 0.2) is 0 Å². The maximum Gasteiger partial charge on any atom is 0.511 e. The molecule has 0 radical (unpaired) electrons. The lowest BCUT2D eigenvalue weighted by Crippen LogP contribution is -2.48. The quantitative estimate of drug-likeness (QED) is 0.688. The number of aliphatic carboxylic acids is 1. The van der Waals surface area contributed by atoms with Crippen molar-refractivity contribution in [2.75, 3.05) is 13.7 Å². The van der Waals surface area contributed by atoms with Gasteiger partial charge in [-0.1, -0.05) is 0 Å². The summed E-state index contributed by atoms with van der Waals surface area (Å²) in [7, 11) is -4.65. The summed E-state index contributed by atoms with van der Waals surface area (Å²) < 4.78 is 61.6. The normalized spacial score (nSPS) is 14.9. The Morgan fingerprint density at radius 2 is 2.00 bits per heavy atom. The Kier molecular flexibility index (Phi) is 4.49. The molecule has 0 amide bonds. The van der Waals surface area contributed by atoms with E-state index in [-0.39, 0.29) is 0 Å². The molecule has 0 rings (SSSR count). The molecular weight excluding hydrogens is 243 g/mol. The number of hydrogen-bond donors (Lipinski definition) is 2. The van der Waals surface area contributed by atoms with Gasteiger partial charge in [-0.3, -0.25) is 4.79 Å². The summed E-state index contributed by atoms with van der Waals surface area (Å²) in [5.74, 6) is -1.76. The molecule has 1 unspecified atom stereocenters. The molecule has 0 aliphatic heterocycles. The number of sulfonamides is 1. The number of nitrogens with one attached hydrogen (secondary N) is 1. The lowest BCUT2D eigenvalue weighted by Gasteiger charge is -2.14. The monoisotopic (exact) mass is 251 g/mol. The third-order valence-corrected chi connectivity index (χ3v) is 2.44. The van der Waals surface area contributed by atoms with Crippen molar-refractivity contribution in [1.29, 1.82) is 0 Å². The molecule has 0 aromatic rings. The minimum absolute atomic E-state index is 0.704. The van der Waals surface area contributed by atoms with Crippen LogP contribution in [0.4, 0.5) is 13.2 Å². The van der Waals surface area contributed by atoms with Gasteiger partial charge >= 0.3 is 21.5 Å². The number of halogens is 3. The van der Waals surface area contributed by atoms with Gasteiger partial charge in [0.1, 0.15) is 6.04 Å². The van der Waals surface area contributed by atoms with E-state index in [1.54, 1.807) is 0 Å². The third-order valence-electron chi connectivity index (χ3n) is 1.23. The summed E-state index contributed by atoms with van der Waals surface area (Å²) in [5.41, 5.74) is -5.55. The molecule has 15 heavy (non-hydrogen) atoms. The zero-order valence-electron chi connectivity index (χ0n) is 7.41. The van der Waals surface area contributed by atoms with Crippen molar-refractivity contribution in [2.24, 2.45) is 0 Å². The minimum atomic E-state index is -5.67. The second-order valence-corrected chi connectivity index (χ2v) is 4.12. The Morgan fingerprint density at radius 1 is 1.53 bits per heavy atom. The first-order valence-electron chi connectivity index (χ1n) is 3.42. The molecule has 0 aromatic carbocycles. The summed E-state index contributed by atoms with van der Waals surface area (Å²) in [6.07, 6.45) is 0. The van der Waals surface area contributed by atoms with Gasteiger partial charge in [0.25, 0.3) is 0 Å². The van der Waals surface area contributed by atoms with Crippen molar-refractivity contribution < 1.29 is 36.2 Å². The molecule has 2 N–H and O–H groups in total. The Hall–Kier alpha value is -0.870. The molecule has 0 aliphatic rings. The van der Waals surface area contributed by atoms with Crippen LogP contribution in [0.25, 0.3) is 0 Å². The van der Waals surface area contributed by atoms with E-state index in [4.69, 9.17) is 5.11 Å². The van der Waals surface area contributed by atoms with E-state index in [0.717, 1.165) is 11.8 Å². The fourth-order valence-corrected chi connectivity index (χ4v) is 1.25. The molecule has 0 spiro atoms. The van der Waals surface area contributed by atoms with E-state index < -0.39 is 34.1 Å². The number of hydrogen-bond acceptors (Lipinski definition) is 4. The number of rotatable bonds is 5. The van der Waals surface area contributed by atoms with E-state index in [2.05, 4.69) is 4.74 Å². The molecule has 10 heteroatoms. The molecule has 0 fully saturated rings. The number of methoxy groups -OCH3 is 1. The van der Waals surface area contributed by atoms with Crippen LogP contribution in [-0.4, -0.2) is 44.8 Å². The summed E-state index contributed by atoms with van der Waals surface area (Å²) in [6, 6.07) is -1.97. The van der Waals surface area contributed by atoms with E-state index in [1.807, 2.05) is 0 Å². The van der Waals surface area contributed by atoms with Gasteiger partial charge in [-0.2, -0.15) is 17.9 Å². The zero-order chi connectivity index (χ0) is 12.3. The molecule has 0 heterocycles. The molecule has 1 atom stereocenters. The highest BCUT2D eigenvalue weighted by atomic mass is 32.2. The van der Waals surface area contributed by atoms with Gasteiger partial charge in [-0.25, -0.2) is 8.42 Å². The van der Waals surface area contributed by atoms with Crippen LogP contribution in [0.2, 0.25) is 0 Å².